The van der Waals surface area contributed by atoms with Crippen LogP contribution in [0.3, 0.4) is 0 Å². The lowest BCUT2D eigenvalue weighted by molar-refractivity contribution is 0.258. The van der Waals surface area contributed by atoms with E-state index < -0.39 is 0 Å². The molecule has 1 aromatic rings. The Kier molecular flexibility index (Phi) is 6.82. The zero-order chi connectivity index (χ0) is 12.5. The van der Waals surface area contributed by atoms with Gasteiger partial charge in [0.2, 0.25) is 0 Å². The molecule has 3 heteroatoms. The van der Waals surface area contributed by atoms with Gasteiger partial charge in [-0.2, -0.15) is 0 Å². The smallest absolute Gasteiger partial charge is 0.0303 e. The van der Waals surface area contributed by atoms with E-state index in [2.05, 4.69) is 29.8 Å². The average molecular weight is 235 g/mol. The number of aromatic nitrogens is 1. The highest BCUT2D eigenvalue weighted by atomic mass is 15.1. The van der Waals surface area contributed by atoms with Crippen molar-refractivity contribution in [2.75, 3.05) is 26.2 Å². The predicted octanol–water partition coefficient (Wildman–Crippen LogP) is 2.25. The number of hydrogen-bond acceptors (Lipinski definition) is 3. The molecule has 0 aromatic carbocycles. The molecule has 96 valence electrons. The fourth-order valence-corrected chi connectivity index (χ4v) is 2.17. The molecule has 1 aromatic heterocycles. The summed E-state index contributed by atoms with van der Waals surface area (Å²) in [7, 11) is 0. The van der Waals surface area contributed by atoms with Crippen LogP contribution in [-0.4, -0.2) is 36.1 Å². The van der Waals surface area contributed by atoms with Gasteiger partial charge in [0.15, 0.2) is 0 Å². The zero-order valence-electron chi connectivity index (χ0n) is 11.1. The standard InChI is InChI=1S/C14H25N3/c1-3-8-17(9-4-2)12-14(10-15)13-6-5-7-16-11-13/h5-7,11,14H,3-4,8-10,12,15H2,1-2H3. The highest BCUT2D eigenvalue weighted by molar-refractivity contribution is 5.15. The molecule has 1 unspecified atom stereocenters. The van der Waals surface area contributed by atoms with Crippen molar-refractivity contribution in [2.24, 2.45) is 5.73 Å². The van der Waals surface area contributed by atoms with Crippen LogP contribution in [0.5, 0.6) is 0 Å². The quantitative estimate of drug-likeness (QED) is 0.751. The SMILES string of the molecule is CCCN(CCC)CC(CN)c1cccnc1. The molecular weight excluding hydrogens is 210 g/mol. The van der Waals surface area contributed by atoms with E-state index in [1.165, 1.54) is 18.4 Å². The first-order valence-corrected chi connectivity index (χ1v) is 6.64. The van der Waals surface area contributed by atoms with Gasteiger partial charge >= 0.3 is 0 Å². The molecule has 0 aliphatic heterocycles. The summed E-state index contributed by atoms with van der Waals surface area (Å²) in [5.74, 6) is 0.404. The number of pyridine rings is 1. The molecule has 1 atom stereocenters. The number of nitrogens with two attached hydrogens (primary N) is 1. The van der Waals surface area contributed by atoms with Crippen LogP contribution in [0.25, 0.3) is 0 Å². The van der Waals surface area contributed by atoms with Gasteiger partial charge in [-0.3, -0.25) is 4.98 Å². The van der Waals surface area contributed by atoms with Crippen molar-refractivity contribution in [1.82, 2.24) is 9.88 Å². The van der Waals surface area contributed by atoms with Gasteiger partial charge in [0.05, 0.1) is 0 Å². The normalized spacial score (nSPS) is 12.9. The first-order chi connectivity index (χ1) is 8.31. The molecule has 0 radical (unpaired) electrons. The molecular formula is C14H25N3. The average Bonchev–Trinajstić information content (AvgIpc) is 2.37. The summed E-state index contributed by atoms with van der Waals surface area (Å²) in [6, 6.07) is 4.11. The number of rotatable bonds is 8. The van der Waals surface area contributed by atoms with Gasteiger partial charge in [-0.1, -0.05) is 19.9 Å². The van der Waals surface area contributed by atoms with E-state index in [1.807, 2.05) is 18.5 Å². The summed E-state index contributed by atoms with van der Waals surface area (Å²) in [6.07, 6.45) is 6.15. The van der Waals surface area contributed by atoms with Crippen molar-refractivity contribution in [2.45, 2.75) is 32.6 Å². The lowest BCUT2D eigenvalue weighted by atomic mass is 10.0. The van der Waals surface area contributed by atoms with E-state index in [9.17, 15) is 0 Å². The van der Waals surface area contributed by atoms with Crippen molar-refractivity contribution in [3.05, 3.63) is 30.1 Å². The van der Waals surface area contributed by atoms with Gasteiger partial charge in [-0.25, -0.2) is 0 Å². The van der Waals surface area contributed by atoms with E-state index in [1.54, 1.807) is 0 Å². The Morgan fingerprint density at radius 2 is 2.00 bits per heavy atom. The Bertz CT molecular complexity index is 281. The summed E-state index contributed by atoms with van der Waals surface area (Å²) in [5.41, 5.74) is 7.15. The van der Waals surface area contributed by atoms with Gasteiger partial charge in [-0.05, 0) is 37.6 Å². The van der Waals surface area contributed by atoms with E-state index in [0.29, 0.717) is 12.5 Å². The second-order valence-corrected chi connectivity index (χ2v) is 4.52. The van der Waals surface area contributed by atoms with E-state index in [0.717, 1.165) is 19.6 Å². The van der Waals surface area contributed by atoms with Crippen molar-refractivity contribution in [3.8, 4) is 0 Å². The van der Waals surface area contributed by atoms with Crippen LogP contribution in [0.1, 0.15) is 38.2 Å². The maximum atomic E-state index is 5.89. The minimum atomic E-state index is 0.404. The lowest BCUT2D eigenvalue weighted by Gasteiger charge is -2.26. The molecule has 1 heterocycles. The number of hydrogen-bond donors (Lipinski definition) is 1. The summed E-state index contributed by atoms with van der Waals surface area (Å²) in [4.78, 5) is 6.68. The van der Waals surface area contributed by atoms with E-state index >= 15 is 0 Å². The molecule has 0 fully saturated rings. The second kappa shape index (κ2) is 8.20. The molecule has 3 nitrogen and oxygen atoms in total. The van der Waals surface area contributed by atoms with Crippen LogP contribution < -0.4 is 5.73 Å². The Hall–Kier alpha value is -0.930. The molecule has 0 saturated carbocycles. The van der Waals surface area contributed by atoms with Crippen LogP contribution in [0.15, 0.2) is 24.5 Å². The summed E-state index contributed by atoms with van der Waals surface area (Å²) in [5, 5.41) is 0. The van der Waals surface area contributed by atoms with E-state index in [-0.39, 0.29) is 0 Å². The fourth-order valence-electron chi connectivity index (χ4n) is 2.17. The molecule has 1 rings (SSSR count). The van der Waals surface area contributed by atoms with Crippen molar-refractivity contribution < 1.29 is 0 Å². The topological polar surface area (TPSA) is 42.1 Å². The molecule has 0 aliphatic carbocycles. The van der Waals surface area contributed by atoms with E-state index in [4.69, 9.17) is 5.73 Å². The summed E-state index contributed by atoms with van der Waals surface area (Å²) in [6.45, 7) is 8.50. The highest BCUT2D eigenvalue weighted by Crippen LogP contribution is 2.15. The van der Waals surface area contributed by atoms with Gasteiger partial charge in [0.1, 0.15) is 0 Å². The van der Waals surface area contributed by atoms with Crippen LogP contribution in [0.4, 0.5) is 0 Å². The molecule has 0 saturated heterocycles. The van der Waals surface area contributed by atoms with Gasteiger partial charge in [-0.15, -0.1) is 0 Å². The predicted molar refractivity (Wildman–Crippen MR) is 73.1 cm³/mol. The summed E-state index contributed by atoms with van der Waals surface area (Å²) < 4.78 is 0. The second-order valence-electron chi connectivity index (χ2n) is 4.52. The Morgan fingerprint density at radius 3 is 2.47 bits per heavy atom. The third-order valence-corrected chi connectivity index (χ3v) is 3.00. The third-order valence-electron chi connectivity index (χ3n) is 3.00. The summed E-state index contributed by atoms with van der Waals surface area (Å²) >= 11 is 0. The lowest BCUT2D eigenvalue weighted by Crippen LogP contribution is -2.33. The minimum Gasteiger partial charge on any atom is -0.330 e. The monoisotopic (exact) mass is 235 g/mol. The van der Waals surface area contributed by atoms with Crippen LogP contribution in [-0.2, 0) is 0 Å². The van der Waals surface area contributed by atoms with Gasteiger partial charge in [0, 0.05) is 31.4 Å². The van der Waals surface area contributed by atoms with Gasteiger partial charge in [0.25, 0.3) is 0 Å². The first-order valence-electron chi connectivity index (χ1n) is 6.64. The maximum Gasteiger partial charge on any atom is 0.0303 e. The first kappa shape index (κ1) is 14.1. The molecule has 0 amide bonds. The Balaban J connectivity index is 2.61. The van der Waals surface area contributed by atoms with Crippen molar-refractivity contribution >= 4 is 0 Å². The largest absolute Gasteiger partial charge is 0.330 e. The van der Waals surface area contributed by atoms with Crippen LogP contribution >= 0.6 is 0 Å². The molecule has 17 heavy (non-hydrogen) atoms. The fraction of sp³-hybridized carbons (Fsp3) is 0.643. The van der Waals surface area contributed by atoms with Crippen molar-refractivity contribution in [1.29, 1.82) is 0 Å². The minimum absolute atomic E-state index is 0.404. The highest BCUT2D eigenvalue weighted by Gasteiger charge is 2.13. The molecule has 0 bridgehead atoms. The van der Waals surface area contributed by atoms with Crippen LogP contribution in [0.2, 0.25) is 0 Å². The Labute approximate surface area is 105 Å². The van der Waals surface area contributed by atoms with Crippen LogP contribution in [0, 0.1) is 0 Å². The zero-order valence-corrected chi connectivity index (χ0v) is 11.1. The Morgan fingerprint density at radius 1 is 1.29 bits per heavy atom. The number of nitrogens with zero attached hydrogens (tertiary/aromatic N) is 2. The molecule has 0 spiro atoms. The third kappa shape index (κ3) is 4.84. The maximum absolute atomic E-state index is 5.89. The van der Waals surface area contributed by atoms with Crippen molar-refractivity contribution in [3.63, 3.8) is 0 Å². The van der Waals surface area contributed by atoms with Gasteiger partial charge < -0.3 is 10.6 Å². The molecule has 2 N–H and O–H groups in total. The molecule has 0 aliphatic rings.